The highest BCUT2D eigenvalue weighted by atomic mass is 16.5. The van der Waals surface area contributed by atoms with Crippen LogP contribution in [0.1, 0.15) is 42.1 Å². The summed E-state index contributed by atoms with van der Waals surface area (Å²) in [7, 11) is 0. The van der Waals surface area contributed by atoms with Gasteiger partial charge in [-0.25, -0.2) is 0 Å². The van der Waals surface area contributed by atoms with E-state index in [2.05, 4.69) is 20.2 Å². The molecule has 1 saturated heterocycles. The van der Waals surface area contributed by atoms with Gasteiger partial charge in [-0.2, -0.15) is 10.1 Å². The third-order valence-corrected chi connectivity index (χ3v) is 4.34. The fourth-order valence-corrected chi connectivity index (χ4v) is 2.94. The summed E-state index contributed by atoms with van der Waals surface area (Å²) in [6.45, 7) is 5.41. The summed E-state index contributed by atoms with van der Waals surface area (Å²) in [4.78, 5) is 8.58. The monoisotopic (exact) mass is 371 g/mol. The first-order valence-electron chi connectivity index (χ1n) is 9.08. The lowest BCUT2D eigenvalue weighted by Crippen LogP contribution is -2.22. The maximum Gasteiger partial charge on any atom is 0.264 e. The number of nitrogens with zero attached hydrogens (tertiary/aromatic N) is 4. The van der Waals surface area contributed by atoms with E-state index in [0.29, 0.717) is 29.7 Å². The largest absolute Gasteiger partial charge is 0.484 e. The van der Waals surface area contributed by atoms with Crippen molar-refractivity contribution < 1.29 is 14.0 Å². The number of hydrazone groups is 1. The Bertz CT molecular complexity index is 809. The highest BCUT2D eigenvalue weighted by Gasteiger charge is 2.13. The van der Waals surface area contributed by atoms with Crippen LogP contribution in [0.5, 0.6) is 5.75 Å². The van der Waals surface area contributed by atoms with Gasteiger partial charge in [-0.05, 0) is 56.9 Å². The lowest BCUT2D eigenvalue weighted by molar-refractivity contribution is 0.0226. The van der Waals surface area contributed by atoms with Crippen molar-refractivity contribution in [1.29, 1.82) is 0 Å². The van der Waals surface area contributed by atoms with Crippen molar-refractivity contribution in [2.24, 2.45) is 15.9 Å². The van der Waals surface area contributed by atoms with Crippen LogP contribution in [0.4, 0.5) is 0 Å². The lowest BCUT2D eigenvalue weighted by Gasteiger charge is -2.20. The topological polar surface area (TPSA) is 108 Å². The molecule has 1 aliphatic rings. The molecule has 1 aromatic heterocycles. The molecule has 1 unspecified atom stereocenters. The average Bonchev–Trinajstić information content (AvgIpc) is 3.10. The molecular weight excluding hydrogens is 346 g/mol. The minimum atomic E-state index is 0.194. The fourth-order valence-electron chi connectivity index (χ4n) is 2.94. The van der Waals surface area contributed by atoms with E-state index >= 15 is 0 Å². The first-order valence-corrected chi connectivity index (χ1v) is 9.08. The molecule has 0 spiro atoms. The van der Waals surface area contributed by atoms with E-state index in [1.807, 2.05) is 25.1 Å². The van der Waals surface area contributed by atoms with Crippen LogP contribution in [0.15, 0.2) is 32.8 Å². The van der Waals surface area contributed by atoms with Crippen molar-refractivity contribution >= 4 is 11.9 Å². The number of benzene rings is 1. The summed E-state index contributed by atoms with van der Waals surface area (Å²) in [6.07, 6.45) is 5.29. The molecule has 0 saturated carbocycles. The van der Waals surface area contributed by atoms with Gasteiger partial charge in [0, 0.05) is 18.4 Å². The van der Waals surface area contributed by atoms with E-state index in [9.17, 15) is 0 Å². The van der Waals surface area contributed by atoms with Crippen LogP contribution in [0.3, 0.4) is 0 Å². The minimum Gasteiger partial charge on any atom is -0.484 e. The van der Waals surface area contributed by atoms with Crippen LogP contribution in [0, 0.1) is 13.8 Å². The Morgan fingerprint density at radius 2 is 2.26 bits per heavy atom. The second kappa shape index (κ2) is 9.27. The van der Waals surface area contributed by atoms with Crippen molar-refractivity contribution in [1.82, 2.24) is 10.1 Å². The van der Waals surface area contributed by atoms with Crippen LogP contribution < -0.4 is 10.6 Å². The van der Waals surface area contributed by atoms with E-state index < -0.39 is 0 Å². The second-order valence-electron chi connectivity index (χ2n) is 6.50. The second-order valence-corrected chi connectivity index (χ2v) is 6.50. The van der Waals surface area contributed by atoms with Gasteiger partial charge in [-0.15, -0.1) is 0 Å². The summed E-state index contributed by atoms with van der Waals surface area (Å²) in [5, 5.41) is 7.62. The van der Waals surface area contributed by atoms with Gasteiger partial charge in [0.25, 0.3) is 5.89 Å². The molecular formula is C19H25N5O3. The predicted octanol–water partition coefficient (Wildman–Crippen LogP) is 2.57. The van der Waals surface area contributed by atoms with Gasteiger partial charge >= 0.3 is 0 Å². The molecule has 2 aromatic rings. The van der Waals surface area contributed by atoms with Crippen LogP contribution in [0.2, 0.25) is 0 Å². The Hall–Kier alpha value is -2.74. The highest BCUT2D eigenvalue weighted by Crippen LogP contribution is 2.19. The molecule has 0 radical (unpaired) electrons. The molecule has 2 heterocycles. The summed E-state index contributed by atoms with van der Waals surface area (Å²) in [5.74, 6) is 7.30. The third-order valence-electron chi connectivity index (χ3n) is 4.34. The lowest BCUT2D eigenvalue weighted by atomic mass is 10.0. The average molecular weight is 371 g/mol. The smallest absolute Gasteiger partial charge is 0.264 e. The fraction of sp³-hybridized carbons (Fsp3) is 0.474. The molecule has 8 heteroatoms. The molecule has 0 aliphatic carbocycles. The number of aliphatic imine (C=N–C) groups is 1. The van der Waals surface area contributed by atoms with Crippen LogP contribution >= 0.6 is 0 Å². The molecule has 0 bridgehead atoms. The van der Waals surface area contributed by atoms with Crippen molar-refractivity contribution in [3.63, 3.8) is 0 Å². The molecule has 3 rings (SSSR count). The first-order chi connectivity index (χ1) is 13.2. The maximum atomic E-state index is 5.70. The SMILES string of the molecule is Cc1noc(COc2ccc(/C(C=NCC3CCCCO3)=N/N)c(C)c2)n1. The quantitative estimate of drug-likeness (QED) is 0.455. The zero-order valence-corrected chi connectivity index (χ0v) is 15.7. The Morgan fingerprint density at radius 1 is 1.37 bits per heavy atom. The molecule has 1 fully saturated rings. The van der Waals surface area contributed by atoms with Crippen molar-refractivity contribution in [2.45, 2.75) is 45.8 Å². The third kappa shape index (κ3) is 5.37. The molecule has 144 valence electrons. The zero-order valence-electron chi connectivity index (χ0n) is 15.7. The Morgan fingerprint density at radius 3 is 2.93 bits per heavy atom. The number of hydrogen-bond donors (Lipinski definition) is 1. The molecule has 1 aliphatic heterocycles. The standard InChI is InChI=1S/C19H25N5O3/c1-13-9-15(26-12-19-22-14(2)24-27-19)6-7-17(13)18(23-20)11-21-10-16-5-3-4-8-25-16/h6-7,9,11,16H,3-5,8,10,12,20H2,1-2H3/b21-11?,23-18+. The van der Waals surface area contributed by atoms with Gasteiger partial charge in [0.05, 0.1) is 12.6 Å². The van der Waals surface area contributed by atoms with E-state index in [1.54, 1.807) is 13.1 Å². The first kappa shape index (κ1) is 19.0. The van der Waals surface area contributed by atoms with Gasteiger partial charge in [-0.3, -0.25) is 4.99 Å². The van der Waals surface area contributed by atoms with Crippen molar-refractivity contribution in [2.75, 3.05) is 13.2 Å². The number of ether oxygens (including phenoxy) is 2. The van der Waals surface area contributed by atoms with Gasteiger partial charge in [-0.1, -0.05) is 5.16 Å². The van der Waals surface area contributed by atoms with E-state index in [-0.39, 0.29) is 12.7 Å². The molecule has 1 aromatic carbocycles. The summed E-state index contributed by atoms with van der Waals surface area (Å²) < 4.78 is 16.4. The number of rotatable bonds is 7. The number of hydrogen-bond acceptors (Lipinski definition) is 8. The maximum absolute atomic E-state index is 5.70. The van der Waals surface area contributed by atoms with Gasteiger partial charge < -0.3 is 19.8 Å². The van der Waals surface area contributed by atoms with Crippen LogP contribution in [-0.2, 0) is 11.3 Å². The molecule has 27 heavy (non-hydrogen) atoms. The van der Waals surface area contributed by atoms with Crippen molar-refractivity contribution in [3.05, 3.63) is 41.0 Å². The summed E-state index contributed by atoms with van der Waals surface area (Å²) >= 11 is 0. The van der Waals surface area contributed by atoms with Gasteiger partial charge in [0.2, 0.25) is 0 Å². The van der Waals surface area contributed by atoms with Gasteiger partial charge in [0.15, 0.2) is 12.4 Å². The normalized spacial score (nSPS) is 18.1. The van der Waals surface area contributed by atoms with Crippen LogP contribution in [0.25, 0.3) is 0 Å². The Labute approximate surface area is 158 Å². The summed E-state index contributed by atoms with van der Waals surface area (Å²) in [5.41, 5.74) is 2.52. The molecule has 2 N–H and O–H groups in total. The Balaban J connectivity index is 1.60. The van der Waals surface area contributed by atoms with E-state index in [1.165, 1.54) is 6.42 Å². The molecule has 1 atom stereocenters. The Kier molecular flexibility index (Phi) is 6.54. The van der Waals surface area contributed by atoms with E-state index in [0.717, 1.165) is 30.6 Å². The van der Waals surface area contributed by atoms with E-state index in [4.69, 9.17) is 19.8 Å². The summed E-state index contributed by atoms with van der Waals surface area (Å²) in [6, 6.07) is 5.69. The minimum absolute atomic E-state index is 0.194. The number of nitrogens with two attached hydrogens (primary N) is 1. The zero-order chi connectivity index (χ0) is 19.1. The van der Waals surface area contributed by atoms with Crippen molar-refractivity contribution in [3.8, 4) is 5.75 Å². The number of aryl methyl sites for hydroxylation is 2. The molecule has 0 amide bonds. The number of aromatic nitrogens is 2. The highest BCUT2D eigenvalue weighted by molar-refractivity contribution is 6.38. The molecule has 8 nitrogen and oxygen atoms in total. The van der Waals surface area contributed by atoms with Gasteiger partial charge in [0.1, 0.15) is 11.5 Å². The predicted molar refractivity (Wildman–Crippen MR) is 102 cm³/mol. The van der Waals surface area contributed by atoms with Crippen LogP contribution in [-0.4, -0.2) is 41.3 Å².